The van der Waals surface area contributed by atoms with Crippen molar-refractivity contribution in [3.05, 3.63) is 23.0 Å². The number of halogens is 3. The summed E-state index contributed by atoms with van der Waals surface area (Å²) in [4.78, 5) is 11.2. The van der Waals surface area contributed by atoms with Crippen LogP contribution in [0, 0.1) is 17.5 Å². The van der Waals surface area contributed by atoms with Crippen LogP contribution in [0.15, 0.2) is 0 Å². The molecular weight excluding hydrogens is 321 g/mol. The number of hydrogen-bond acceptors (Lipinski definition) is 3. The number of carbonyl (C=O) groups excluding carboxylic acids is 1. The highest BCUT2D eigenvalue weighted by atomic mass is 19.2. The number of aromatic hydroxyl groups is 1. The summed E-state index contributed by atoms with van der Waals surface area (Å²) in [6, 6.07) is 0. The van der Waals surface area contributed by atoms with Gasteiger partial charge in [0.2, 0.25) is 11.6 Å². The molecule has 0 radical (unpaired) electrons. The lowest BCUT2D eigenvalue weighted by Crippen LogP contribution is -2.08. The van der Waals surface area contributed by atoms with Crippen LogP contribution in [0.1, 0.15) is 75.6 Å². The maximum Gasteiger partial charge on any atom is 0.210 e. The van der Waals surface area contributed by atoms with Gasteiger partial charge >= 0.3 is 0 Å². The third-order valence-electron chi connectivity index (χ3n) is 3.85. The molecule has 1 aromatic rings. The molecule has 0 atom stereocenters. The van der Waals surface area contributed by atoms with Gasteiger partial charge in [0.05, 0.1) is 6.61 Å². The van der Waals surface area contributed by atoms with Crippen LogP contribution >= 0.6 is 0 Å². The molecule has 0 bridgehead atoms. The summed E-state index contributed by atoms with van der Waals surface area (Å²) in [7, 11) is 0. The zero-order chi connectivity index (χ0) is 18.1. The van der Waals surface area contributed by atoms with Crippen LogP contribution < -0.4 is 4.74 Å². The van der Waals surface area contributed by atoms with Crippen molar-refractivity contribution in [3.8, 4) is 11.5 Å². The highest BCUT2D eigenvalue weighted by Crippen LogP contribution is 2.35. The first-order valence-corrected chi connectivity index (χ1v) is 8.44. The van der Waals surface area contributed by atoms with E-state index in [-0.39, 0.29) is 6.61 Å². The van der Waals surface area contributed by atoms with Crippen molar-refractivity contribution >= 4 is 5.78 Å². The molecular formula is C18H25F3O3. The third kappa shape index (κ3) is 5.42. The molecule has 0 unspecified atom stereocenters. The van der Waals surface area contributed by atoms with Crippen LogP contribution in [0.25, 0.3) is 0 Å². The largest absolute Gasteiger partial charge is 0.504 e. The second kappa shape index (κ2) is 10.2. The van der Waals surface area contributed by atoms with Gasteiger partial charge in [-0.3, -0.25) is 4.79 Å². The maximum absolute atomic E-state index is 13.9. The van der Waals surface area contributed by atoms with E-state index in [0.29, 0.717) is 6.42 Å². The van der Waals surface area contributed by atoms with Gasteiger partial charge in [0, 0.05) is 0 Å². The number of phenols is 1. The van der Waals surface area contributed by atoms with Crippen LogP contribution in [0.4, 0.5) is 13.2 Å². The molecule has 0 aromatic heterocycles. The van der Waals surface area contributed by atoms with Crippen molar-refractivity contribution in [1.29, 1.82) is 0 Å². The van der Waals surface area contributed by atoms with Crippen LogP contribution in [0.5, 0.6) is 11.5 Å². The topological polar surface area (TPSA) is 46.5 Å². The highest BCUT2D eigenvalue weighted by molar-refractivity contribution is 5.97. The molecule has 0 fully saturated rings. The van der Waals surface area contributed by atoms with Crippen molar-refractivity contribution < 1.29 is 27.8 Å². The second-order valence-electron chi connectivity index (χ2n) is 5.87. The van der Waals surface area contributed by atoms with Gasteiger partial charge in [0.25, 0.3) is 0 Å². The Morgan fingerprint density at radius 1 is 0.917 bits per heavy atom. The molecule has 0 aliphatic carbocycles. The molecule has 1 N–H and O–H groups in total. The van der Waals surface area contributed by atoms with E-state index in [9.17, 15) is 23.1 Å². The Kier molecular flexibility index (Phi) is 8.65. The van der Waals surface area contributed by atoms with Crippen molar-refractivity contribution in [3.63, 3.8) is 0 Å². The Labute approximate surface area is 140 Å². The summed E-state index contributed by atoms with van der Waals surface area (Å²) in [6.07, 6.45) is 8.32. The van der Waals surface area contributed by atoms with Gasteiger partial charge in [0.1, 0.15) is 5.56 Å². The molecule has 0 heterocycles. The Morgan fingerprint density at radius 3 is 2.00 bits per heavy atom. The minimum Gasteiger partial charge on any atom is -0.504 e. The lowest BCUT2D eigenvalue weighted by molar-refractivity contribution is 0.100. The lowest BCUT2D eigenvalue weighted by Gasteiger charge is -2.12. The Bertz CT molecular complexity index is 530. The number of unbranched alkanes of at least 4 members (excludes halogenated alkanes) is 7. The number of rotatable bonds is 11. The van der Waals surface area contributed by atoms with Gasteiger partial charge < -0.3 is 9.84 Å². The number of carbonyl (C=O) groups is 1. The van der Waals surface area contributed by atoms with E-state index in [2.05, 4.69) is 6.92 Å². The number of Topliss-reactive ketones (excluding diaryl/α,β-unsaturated/α-hetero) is 1. The SMILES string of the molecule is CCCCCCCCCCOc1c(F)c(O)c(C(C)=O)c(F)c1F. The molecule has 0 saturated carbocycles. The standard InChI is InChI=1S/C18H25F3O3/c1-3-4-5-6-7-8-9-10-11-24-18-15(20)14(19)13(12(2)22)17(23)16(18)21/h23H,3-11H2,1-2H3. The molecule has 136 valence electrons. The monoisotopic (exact) mass is 346 g/mol. The van der Waals surface area contributed by atoms with Gasteiger partial charge in [-0.15, -0.1) is 0 Å². The molecule has 1 rings (SSSR count). The minimum absolute atomic E-state index is 0.0150. The van der Waals surface area contributed by atoms with E-state index >= 15 is 0 Å². The van der Waals surface area contributed by atoms with Gasteiger partial charge in [0.15, 0.2) is 23.1 Å². The van der Waals surface area contributed by atoms with Gasteiger partial charge in [-0.2, -0.15) is 8.78 Å². The maximum atomic E-state index is 13.9. The van der Waals surface area contributed by atoms with Crippen LogP contribution in [-0.2, 0) is 0 Å². The van der Waals surface area contributed by atoms with E-state index < -0.39 is 40.3 Å². The number of ketones is 1. The predicted octanol–water partition coefficient (Wildman–Crippen LogP) is 5.53. The Balaban J connectivity index is 2.50. The fraction of sp³-hybridized carbons (Fsp3) is 0.611. The molecule has 0 aliphatic rings. The van der Waals surface area contributed by atoms with Crippen molar-refractivity contribution in [2.75, 3.05) is 6.61 Å². The zero-order valence-electron chi connectivity index (χ0n) is 14.3. The van der Waals surface area contributed by atoms with Crippen molar-refractivity contribution in [2.45, 2.75) is 65.2 Å². The number of phenolic OH excluding ortho intramolecular Hbond substituents is 1. The fourth-order valence-corrected chi connectivity index (χ4v) is 2.49. The third-order valence-corrected chi connectivity index (χ3v) is 3.85. The van der Waals surface area contributed by atoms with E-state index in [0.717, 1.165) is 26.2 Å². The summed E-state index contributed by atoms with van der Waals surface area (Å²) < 4.78 is 46.4. The smallest absolute Gasteiger partial charge is 0.210 e. The summed E-state index contributed by atoms with van der Waals surface area (Å²) >= 11 is 0. The predicted molar refractivity (Wildman–Crippen MR) is 86.1 cm³/mol. The summed E-state index contributed by atoms with van der Waals surface area (Å²) in [5, 5.41) is 9.52. The first-order chi connectivity index (χ1) is 11.4. The Morgan fingerprint density at radius 2 is 1.46 bits per heavy atom. The first-order valence-electron chi connectivity index (χ1n) is 8.44. The molecule has 24 heavy (non-hydrogen) atoms. The number of ether oxygens (including phenoxy) is 1. The lowest BCUT2D eigenvalue weighted by atomic mass is 10.1. The van der Waals surface area contributed by atoms with E-state index in [4.69, 9.17) is 4.74 Å². The number of hydrogen-bond donors (Lipinski definition) is 1. The average molecular weight is 346 g/mol. The summed E-state index contributed by atoms with van der Waals surface area (Å²) in [5.74, 6) is -7.77. The zero-order valence-corrected chi connectivity index (χ0v) is 14.3. The van der Waals surface area contributed by atoms with E-state index in [1.54, 1.807) is 0 Å². The molecule has 1 aromatic carbocycles. The molecule has 0 spiro atoms. The van der Waals surface area contributed by atoms with Crippen molar-refractivity contribution in [2.24, 2.45) is 0 Å². The fourth-order valence-electron chi connectivity index (χ4n) is 2.49. The Hall–Kier alpha value is -1.72. The first kappa shape index (κ1) is 20.3. The van der Waals surface area contributed by atoms with E-state index in [1.165, 1.54) is 25.7 Å². The van der Waals surface area contributed by atoms with Crippen LogP contribution in [-0.4, -0.2) is 17.5 Å². The summed E-state index contributed by atoms with van der Waals surface area (Å²) in [6.45, 7) is 3.08. The van der Waals surface area contributed by atoms with Crippen LogP contribution in [0.2, 0.25) is 0 Å². The molecule has 6 heteroatoms. The highest BCUT2D eigenvalue weighted by Gasteiger charge is 2.28. The number of benzene rings is 1. The average Bonchev–Trinajstić information content (AvgIpc) is 2.54. The molecule has 0 aliphatic heterocycles. The normalized spacial score (nSPS) is 10.9. The molecule has 0 saturated heterocycles. The van der Waals surface area contributed by atoms with Crippen molar-refractivity contribution in [1.82, 2.24) is 0 Å². The molecule has 3 nitrogen and oxygen atoms in total. The molecule has 0 amide bonds. The van der Waals surface area contributed by atoms with Gasteiger partial charge in [-0.1, -0.05) is 51.9 Å². The minimum atomic E-state index is -1.59. The second-order valence-corrected chi connectivity index (χ2v) is 5.87. The van der Waals surface area contributed by atoms with Gasteiger partial charge in [-0.05, 0) is 13.3 Å². The van der Waals surface area contributed by atoms with Gasteiger partial charge in [-0.25, -0.2) is 4.39 Å². The summed E-state index contributed by atoms with van der Waals surface area (Å²) in [5.41, 5.74) is -0.996. The van der Waals surface area contributed by atoms with Crippen LogP contribution in [0.3, 0.4) is 0 Å². The quantitative estimate of drug-likeness (QED) is 0.325. The van der Waals surface area contributed by atoms with E-state index in [1.807, 2.05) is 0 Å².